The molecule has 15 heavy (non-hydrogen) atoms. The molecule has 84 valence electrons. The maximum atomic E-state index is 11.3. The van der Waals surface area contributed by atoms with Crippen molar-refractivity contribution in [2.24, 2.45) is 0 Å². The van der Waals surface area contributed by atoms with Gasteiger partial charge in [0.05, 0.1) is 0 Å². The summed E-state index contributed by atoms with van der Waals surface area (Å²) in [5.41, 5.74) is -0.635. The summed E-state index contributed by atoms with van der Waals surface area (Å²) in [5, 5.41) is 0. The van der Waals surface area contributed by atoms with E-state index >= 15 is 0 Å². The van der Waals surface area contributed by atoms with Crippen LogP contribution in [0, 0.1) is 0 Å². The number of cyclic esters (lactones) is 1. The second kappa shape index (κ2) is 3.88. The summed E-state index contributed by atoms with van der Waals surface area (Å²) in [6.07, 6.45) is -0.800. The van der Waals surface area contributed by atoms with Crippen molar-refractivity contribution in [3.8, 4) is 0 Å². The first-order valence-corrected chi connectivity index (χ1v) is 4.48. The van der Waals surface area contributed by atoms with E-state index in [1.165, 1.54) is 0 Å². The molecule has 6 nitrogen and oxygen atoms in total. The Hall–Kier alpha value is -1.59. The van der Waals surface area contributed by atoms with Crippen molar-refractivity contribution in [3.63, 3.8) is 0 Å². The second-order valence-electron chi connectivity index (χ2n) is 4.12. The Morgan fingerprint density at radius 2 is 2.07 bits per heavy atom. The fourth-order valence-electron chi connectivity index (χ4n) is 1.04. The van der Waals surface area contributed by atoms with Crippen LogP contribution in [0.5, 0.6) is 0 Å². The van der Waals surface area contributed by atoms with Crippen molar-refractivity contribution in [2.45, 2.75) is 26.4 Å². The van der Waals surface area contributed by atoms with Crippen molar-refractivity contribution in [2.75, 3.05) is 13.2 Å². The molecule has 0 radical (unpaired) electrons. The van der Waals surface area contributed by atoms with Gasteiger partial charge in [0.1, 0.15) is 12.1 Å². The Bertz CT molecular complexity index is 288. The highest BCUT2D eigenvalue weighted by molar-refractivity contribution is 6.00. The third kappa shape index (κ3) is 3.23. The number of hydrogen-bond acceptors (Lipinski definition) is 5. The molecule has 1 rings (SSSR count). The summed E-state index contributed by atoms with van der Waals surface area (Å²) in [6.45, 7) is 4.41. The molecule has 1 aliphatic heterocycles. The molecule has 0 aromatic carbocycles. The SMILES string of the molecule is CC(C)(C)OC(=O)CN1C(=O)COC1=O. The third-order valence-electron chi connectivity index (χ3n) is 1.55. The Kier molecular flexibility index (Phi) is 2.97. The van der Waals surface area contributed by atoms with E-state index in [0.29, 0.717) is 0 Å². The van der Waals surface area contributed by atoms with Crippen LogP contribution in [0.25, 0.3) is 0 Å². The van der Waals surface area contributed by atoms with Crippen LogP contribution < -0.4 is 0 Å². The lowest BCUT2D eigenvalue weighted by Gasteiger charge is -2.20. The molecule has 0 saturated carbocycles. The van der Waals surface area contributed by atoms with E-state index in [-0.39, 0.29) is 6.61 Å². The molecule has 0 atom stereocenters. The lowest BCUT2D eigenvalue weighted by molar-refractivity contribution is -0.157. The predicted octanol–water partition coefficient (Wildman–Crippen LogP) is 0.307. The van der Waals surface area contributed by atoms with Gasteiger partial charge >= 0.3 is 12.1 Å². The van der Waals surface area contributed by atoms with Gasteiger partial charge in [-0.2, -0.15) is 0 Å². The topological polar surface area (TPSA) is 72.9 Å². The number of ether oxygens (including phenoxy) is 2. The molecule has 0 bridgehead atoms. The highest BCUT2D eigenvalue weighted by Crippen LogP contribution is 2.10. The van der Waals surface area contributed by atoms with E-state index in [1.54, 1.807) is 20.8 Å². The fourth-order valence-corrected chi connectivity index (χ4v) is 1.04. The molecule has 0 unspecified atom stereocenters. The van der Waals surface area contributed by atoms with E-state index in [4.69, 9.17) is 4.74 Å². The minimum absolute atomic E-state index is 0.304. The van der Waals surface area contributed by atoms with Gasteiger partial charge in [0, 0.05) is 0 Å². The predicted molar refractivity (Wildman–Crippen MR) is 48.9 cm³/mol. The number of hydrogen-bond donors (Lipinski definition) is 0. The molecular formula is C9H13NO5. The van der Waals surface area contributed by atoms with Gasteiger partial charge in [-0.1, -0.05) is 0 Å². The molecule has 1 fully saturated rings. The van der Waals surface area contributed by atoms with Crippen molar-refractivity contribution >= 4 is 18.0 Å². The maximum Gasteiger partial charge on any atom is 0.417 e. The molecule has 1 aliphatic rings. The largest absolute Gasteiger partial charge is 0.459 e. The van der Waals surface area contributed by atoms with Crippen LogP contribution >= 0.6 is 0 Å². The van der Waals surface area contributed by atoms with Gasteiger partial charge in [-0.15, -0.1) is 0 Å². The summed E-state index contributed by atoms with van der Waals surface area (Å²) in [7, 11) is 0. The van der Waals surface area contributed by atoms with E-state index in [2.05, 4.69) is 4.74 Å². The zero-order valence-electron chi connectivity index (χ0n) is 8.90. The van der Waals surface area contributed by atoms with Crippen LogP contribution in [0.1, 0.15) is 20.8 Å². The molecule has 0 spiro atoms. The molecule has 2 amide bonds. The third-order valence-corrected chi connectivity index (χ3v) is 1.55. The number of imide groups is 1. The zero-order chi connectivity index (χ0) is 11.6. The van der Waals surface area contributed by atoms with E-state index in [0.717, 1.165) is 4.90 Å². The van der Waals surface area contributed by atoms with Crippen LogP contribution in [0.2, 0.25) is 0 Å². The Balaban J connectivity index is 2.51. The van der Waals surface area contributed by atoms with Crippen LogP contribution in [0.4, 0.5) is 4.79 Å². The van der Waals surface area contributed by atoms with Crippen molar-refractivity contribution in [1.29, 1.82) is 0 Å². The van der Waals surface area contributed by atoms with Crippen molar-refractivity contribution < 1.29 is 23.9 Å². The van der Waals surface area contributed by atoms with E-state index < -0.39 is 30.1 Å². The molecule has 0 aliphatic carbocycles. The molecule has 1 saturated heterocycles. The normalized spacial score (nSPS) is 16.6. The minimum Gasteiger partial charge on any atom is -0.459 e. The van der Waals surface area contributed by atoms with Gasteiger partial charge in [0.2, 0.25) is 0 Å². The molecule has 0 N–H and O–H groups in total. The highest BCUT2D eigenvalue weighted by Gasteiger charge is 2.33. The summed E-state index contributed by atoms with van der Waals surface area (Å²) in [6, 6.07) is 0. The standard InChI is InChI=1S/C9H13NO5/c1-9(2,3)15-7(12)4-10-6(11)5-14-8(10)13/h4-5H2,1-3H3. The summed E-state index contributed by atoms with van der Waals surface area (Å²) >= 11 is 0. The average Bonchev–Trinajstić information content (AvgIpc) is 2.32. The number of rotatable bonds is 2. The lowest BCUT2D eigenvalue weighted by Crippen LogP contribution is -2.37. The van der Waals surface area contributed by atoms with Crippen molar-refractivity contribution in [1.82, 2.24) is 4.90 Å². The minimum atomic E-state index is -0.800. The van der Waals surface area contributed by atoms with E-state index in [1.807, 2.05) is 0 Å². The lowest BCUT2D eigenvalue weighted by atomic mass is 10.2. The molecular weight excluding hydrogens is 202 g/mol. The molecule has 1 heterocycles. The smallest absolute Gasteiger partial charge is 0.417 e. The van der Waals surface area contributed by atoms with Crippen LogP contribution in [-0.2, 0) is 19.1 Å². The molecule has 0 aromatic heterocycles. The zero-order valence-corrected chi connectivity index (χ0v) is 8.90. The number of esters is 1. The van der Waals surface area contributed by atoms with Gasteiger partial charge in [-0.3, -0.25) is 9.59 Å². The first kappa shape index (κ1) is 11.5. The van der Waals surface area contributed by atoms with Crippen LogP contribution in [0.3, 0.4) is 0 Å². The number of carbonyl (C=O) groups excluding carboxylic acids is 3. The summed E-state index contributed by atoms with van der Waals surface area (Å²) < 4.78 is 9.39. The number of carbonyl (C=O) groups is 3. The molecule has 6 heteroatoms. The van der Waals surface area contributed by atoms with Crippen LogP contribution in [-0.4, -0.2) is 41.6 Å². The second-order valence-corrected chi connectivity index (χ2v) is 4.12. The first-order chi connectivity index (χ1) is 6.79. The molecule has 0 aromatic rings. The highest BCUT2D eigenvalue weighted by atomic mass is 16.6. The van der Waals surface area contributed by atoms with E-state index in [9.17, 15) is 14.4 Å². The monoisotopic (exact) mass is 215 g/mol. The Morgan fingerprint density at radius 1 is 1.47 bits per heavy atom. The Labute approximate surface area is 87.1 Å². The summed E-state index contributed by atoms with van der Waals surface area (Å²) in [5.74, 6) is -1.15. The number of amides is 2. The van der Waals surface area contributed by atoms with Gasteiger partial charge in [0.15, 0.2) is 6.61 Å². The van der Waals surface area contributed by atoms with Crippen molar-refractivity contribution in [3.05, 3.63) is 0 Å². The van der Waals surface area contributed by atoms with Gasteiger partial charge in [-0.25, -0.2) is 9.69 Å². The quantitative estimate of drug-likeness (QED) is 0.620. The van der Waals surface area contributed by atoms with Gasteiger partial charge < -0.3 is 9.47 Å². The Morgan fingerprint density at radius 3 is 2.47 bits per heavy atom. The maximum absolute atomic E-state index is 11.3. The fraction of sp³-hybridized carbons (Fsp3) is 0.667. The number of nitrogens with zero attached hydrogens (tertiary/aromatic N) is 1. The van der Waals surface area contributed by atoms with Gasteiger partial charge in [-0.05, 0) is 20.8 Å². The first-order valence-electron chi connectivity index (χ1n) is 4.48. The van der Waals surface area contributed by atoms with Crippen LogP contribution in [0.15, 0.2) is 0 Å². The summed E-state index contributed by atoms with van der Waals surface area (Å²) in [4.78, 5) is 34.0. The average molecular weight is 215 g/mol. The van der Waals surface area contributed by atoms with Gasteiger partial charge in [0.25, 0.3) is 5.91 Å².